The van der Waals surface area contributed by atoms with Gasteiger partial charge in [-0.1, -0.05) is 23.5 Å². The maximum atomic E-state index is 12.7. The molecule has 0 saturated carbocycles. The molecule has 4 aromatic rings. The second kappa shape index (κ2) is 8.96. The Bertz CT molecular complexity index is 1320. The molecule has 0 unspecified atom stereocenters. The van der Waals surface area contributed by atoms with Crippen molar-refractivity contribution in [3.8, 4) is 11.3 Å². The lowest BCUT2D eigenvalue weighted by Gasteiger charge is -2.29. The maximum absolute atomic E-state index is 12.7. The summed E-state index contributed by atoms with van der Waals surface area (Å²) in [5, 5.41) is 5.75. The number of likely N-dealkylation sites (tertiary alicyclic amines) is 1. The lowest BCUT2D eigenvalue weighted by molar-refractivity contribution is 0.0934. The van der Waals surface area contributed by atoms with Crippen LogP contribution >= 0.6 is 11.3 Å². The predicted octanol–water partition coefficient (Wildman–Crippen LogP) is 3.65. The fraction of sp³-hybridized carbons (Fsp3) is 0.320. The number of benzene rings is 2. The molecule has 2 N–H and O–H groups in total. The van der Waals surface area contributed by atoms with E-state index in [9.17, 15) is 9.59 Å². The van der Waals surface area contributed by atoms with Crippen LogP contribution in [0.4, 0.5) is 0 Å². The first-order valence-corrected chi connectivity index (χ1v) is 12.0. The first kappa shape index (κ1) is 21.6. The number of carbonyl (C=O) groups is 2. The molecule has 1 aliphatic heterocycles. The number of hydrogen-bond donors (Lipinski definition) is 2. The molecule has 1 atom stereocenters. The van der Waals surface area contributed by atoms with Crippen molar-refractivity contribution in [1.29, 1.82) is 0 Å². The summed E-state index contributed by atoms with van der Waals surface area (Å²) in [6.07, 6.45) is 4.36. The normalized spacial score (nSPS) is 16.8. The molecule has 8 heteroatoms. The van der Waals surface area contributed by atoms with Gasteiger partial charge in [0.15, 0.2) is 4.96 Å². The van der Waals surface area contributed by atoms with Gasteiger partial charge in [-0.15, -0.1) is 0 Å². The molecule has 0 spiro atoms. The molecule has 0 radical (unpaired) electrons. The second-order valence-electron chi connectivity index (χ2n) is 8.70. The van der Waals surface area contributed by atoms with Crippen LogP contribution in [0, 0.1) is 5.92 Å². The minimum atomic E-state index is -0.107. The first-order chi connectivity index (χ1) is 16.0. The SMILES string of the molecule is CNC(=O)c1ccc(-c2cn3c(n2)sc2cc(C(=O)NC[C@H]4CCCN(C)C4)ccc23)cc1. The molecule has 3 heterocycles. The van der Waals surface area contributed by atoms with E-state index in [0.717, 1.165) is 46.1 Å². The minimum Gasteiger partial charge on any atom is -0.355 e. The van der Waals surface area contributed by atoms with E-state index in [-0.39, 0.29) is 11.8 Å². The van der Waals surface area contributed by atoms with Gasteiger partial charge in [0.2, 0.25) is 0 Å². The van der Waals surface area contributed by atoms with Crippen molar-refractivity contribution in [2.24, 2.45) is 5.92 Å². The number of rotatable bonds is 5. The molecule has 5 rings (SSSR count). The van der Waals surface area contributed by atoms with E-state index in [0.29, 0.717) is 17.0 Å². The van der Waals surface area contributed by atoms with Crippen molar-refractivity contribution >= 4 is 38.3 Å². The standard InChI is InChI=1S/C25H27N5O2S/c1-26-23(31)18-7-5-17(6-8-18)20-15-30-21-10-9-19(12-22(21)33-25(30)28-20)24(32)27-13-16-4-3-11-29(2)14-16/h5-10,12,15-16H,3-4,11,13-14H2,1-2H3,(H,26,31)(H,27,32)/t16-/m1/s1. The zero-order chi connectivity index (χ0) is 22.9. The van der Waals surface area contributed by atoms with Crippen molar-refractivity contribution in [3.63, 3.8) is 0 Å². The van der Waals surface area contributed by atoms with Crippen LogP contribution in [0.2, 0.25) is 0 Å². The van der Waals surface area contributed by atoms with E-state index in [2.05, 4.69) is 27.0 Å². The summed E-state index contributed by atoms with van der Waals surface area (Å²) in [5.41, 5.74) is 4.14. The number of amides is 2. The van der Waals surface area contributed by atoms with E-state index >= 15 is 0 Å². The van der Waals surface area contributed by atoms with E-state index < -0.39 is 0 Å². The Morgan fingerprint density at radius 1 is 1.12 bits per heavy atom. The number of aromatic nitrogens is 2. The van der Waals surface area contributed by atoms with Gasteiger partial charge in [0, 0.05) is 43.0 Å². The molecule has 170 valence electrons. The molecule has 2 amide bonds. The van der Waals surface area contributed by atoms with Crippen LogP contribution in [-0.2, 0) is 0 Å². The van der Waals surface area contributed by atoms with Gasteiger partial charge in [-0.05, 0) is 62.7 Å². The zero-order valence-electron chi connectivity index (χ0n) is 18.8. The number of carbonyl (C=O) groups excluding carboxylic acids is 2. The number of imidazole rings is 1. The average Bonchev–Trinajstić information content (AvgIpc) is 3.40. The van der Waals surface area contributed by atoms with Crippen LogP contribution in [-0.4, -0.2) is 59.8 Å². The quantitative estimate of drug-likeness (QED) is 0.476. The topological polar surface area (TPSA) is 78.7 Å². The zero-order valence-corrected chi connectivity index (χ0v) is 19.6. The first-order valence-electron chi connectivity index (χ1n) is 11.2. The summed E-state index contributed by atoms with van der Waals surface area (Å²) in [6, 6.07) is 13.2. The molecule has 2 aromatic heterocycles. The van der Waals surface area contributed by atoms with Gasteiger partial charge in [-0.3, -0.25) is 14.0 Å². The number of nitrogens with zero attached hydrogens (tertiary/aromatic N) is 3. The van der Waals surface area contributed by atoms with E-state index in [1.54, 1.807) is 30.5 Å². The molecule has 0 aliphatic carbocycles. The third kappa shape index (κ3) is 4.36. The monoisotopic (exact) mass is 461 g/mol. The average molecular weight is 462 g/mol. The van der Waals surface area contributed by atoms with Gasteiger partial charge < -0.3 is 15.5 Å². The predicted molar refractivity (Wildman–Crippen MR) is 132 cm³/mol. The van der Waals surface area contributed by atoms with Gasteiger partial charge >= 0.3 is 0 Å². The van der Waals surface area contributed by atoms with Crippen LogP contribution in [0.1, 0.15) is 33.6 Å². The molecule has 33 heavy (non-hydrogen) atoms. The highest BCUT2D eigenvalue weighted by Crippen LogP contribution is 2.30. The molecule has 0 bridgehead atoms. The van der Waals surface area contributed by atoms with Crippen molar-refractivity contribution in [3.05, 3.63) is 59.8 Å². The number of thiazole rings is 1. The van der Waals surface area contributed by atoms with Crippen molar-refractivity contribution in [2.75, 3.05) is 33.7 Å². The van der Waals surface area contributed by atoms with Crippen LogP contribution in [0.5, 0.6) is 0 Å². The van der Waals surface area contributed by atoms with E-state index in [1.165, 1.54) is 12.8 Å². The summed E-state index contributed by atoms with van der Waals surface area (Å²) in [7, 11) is 3.76. The van der Waals surface area contributed by atoms with Crippen molar-refractivity contribution in [2.45, 2.75) is 12.8 Å². The molecule has 1 saturated heterocycles. The van der Waals surface area contributed by atoms with Gasteiger partial charge in [-0.25, -0.2) is 4.98 Å². The van der Waals surface area contributed by atoms with Gasteiger partial charge in [0.25, 0.3) is 11.8 Å². The van der Waals surface area contributed by atoms with Crippen LogP contribution < -0.4 is 10.6 Å². The molecule has 7 nitrogen and oxygen atoms in total. The molecule has 1 fully saturated rings. The summed E-state index contributed by atoms with van der Waals surface area (Å²) in [6.45, 7) is 2.90. The van der Waals surface area contributed by atoms with E-state index in [1.807, 2.05) is 36.5 Å². The third-order valence-electron chi connectivity index (χ3n) is 6.30. The fourth-order valence-electron chi connectivity index (χ4n) is 4.50. The third-order valence-corrected chi connectivity index (χ3v) is 7.32. The molecule has 2 aromatic carbocycles. The summed E-state index contributed by atoms with van der Waals surface area (Å²) < 4.78 is 3.09. The Balaban J connectivity index is 1.33. The lowest BCUT2D eigenvalue weighted by Crippen LogP contribution is -2.39. The largest absolute Gasteiger partial charge is 0.355 e. The summed E-state index contributed by atoms with van der Waals surface area (Å²) in [4.78, 5) is 32.5. The fourth-order valence-corrected chi connectivity index (χ4v) is 5.54. The van der Waals surface area contributed by atoms with Crippen molar-refractivity contribution < 1.29 is 9.59 Å². The molecule has 1 aliphatic rings. The molecular formula is C25H27N5O2S. The van der Waals surface area contributed by atoms with Crippen LogP contribution in [0.3, 0.4) is 0 Å². The van der Waals surface area contributed by atoms with Gasteiger partial charge in [0.05, 0.1) is 15.9 Å². The Kier molecular flexibility index (Phi) is 5.86. The van der Waals surface area contributed by atoms with Gasteiger partial charge in [-0.2, -0.15) is 0 Å². The number of piperidine rings is 1. The smallest absolute Gasteiger partial charge is 0.251 e. The van der Waals surface area contributed by atoms with Crippen LogP contribution in [0.25, 0.3) is 26.4 Å². The van der Waals surface area contributed by atoms with E-state index in [4.69, 9.17) is 4.98 Å². The number of nitrogens with one attached hydrogen (secondary N) is 2. The maximum Gasteiger partial charge on any atom is 0.251 e. The Labute approximate surface area is 196 Å². The van der Waals surface area contributed by atoms with Crippen molar-refractivity contribution in [1.82, 2.24) is 24.9 Å². The van der Waals surface area contributed by atoms with Gasteiger partial charge in [0.1, 0.15) is 0 Å². The number of fused-ring (bicyclic) bond motifs is 3. The summed E-state index contributed by atoms with van der Waals surface area (Å²) in [5.74, 6) is 0.391. The van der Waals surface area contributed by atoms with Crippen LogP contribution in [0.15, 0.2) is 48.7 Å². The summed E-state index contributed by atoms with van der Waals surface area (Å²) >= 11 is 1.57. The highest BCUT2D eigenvalue weighted by atomic mass is 32.1. The minimum absolute atomic E-state index is 0.0203. The molecular weight excluding hydrogens is 434 g/mol. The second-order valence-corrected chi connectivity index (χ2v) is 9.71. The number of hydrogen-bond acceptors (Lipinski definition) is 5. The Morgan fingerprint density at radius 3 is 2.67 bits per heavy atom. The lowest BCUT2D eigenvalue weighted by atomic mass is 9.98. The highest BCUT2D eigenvalue weighted by molar-refractivity contribution is 7.23. The Morgan fingerprint density at radius 2 is 1.91 bits per heavy atom. The Hall–Kier alpha value is -3.23. The highest BCUT2D eigenvalue weighted by Gasteiger charge is 2.19.